The molecule has 0 aromatic carbocycles. The van der Waals surface area contributed by atoms with E-state index in [9.17, 15) is 13.2 Å². The van der Waals surface area contributed by atoms with Crippen LogP contribution in [0.1, 0.15) is 34.1 Å². The summed E-state index contributed by atoms with van der Waals surface area (Å²) in [6.07, 6.45) is 2.04. The van der Waals surface area contributed by atoms with Crippen molar-refractivity contribution in [2.75, 3.05) is 6.26 Å². The largest absolute Gasteiger partial charge is 0.352 e. The van der Waals surface area contributed by atoms with Gasteiger partial charge in [0.1, 0.15) is 6.04 Å². The van der Waals surface area contributed by atoms with Crippen LogP contribution in [0.4, 0.5) is 0 Å². The Hall–Kier alpha value is -0.620. The van der Waals surface area contributed by atoms with Crippen molar-refractivity contribution >= 4 is 15.9 Å². The quantitative estimate of drug-likeness (QED) is 0.773. The molecule has 3 atom stereocenters. The fourth-order valence-electron chi connectivity index (χ4n) is 1.63. The predicted octanol–water partition coefficient (Wildman–Crippen LogP) is 0.475. The molecule has 17 heavy (non-hydrogen) atoms. The Morgan fingerprint density at radius 3 is 2.12 bits per heavy atom. The van der Waals surface area contributed by atoms with Crippen molar-refractivity contribution in [2.24, 2.45) is 11.3 Å². The van der Waals surface area contributed by atoms with Crippen LogP contribution in [0.3, 0.4) is 0 Å². The van der Waals surface area contributed by atoms with E-state index in [1.165, 1.54) is 0 Å². The van der Waals surface area contributed by atoms with E-state index in [0.29, 0.717) is 5.92 Å². The molecule has 1 fully saturated rings. The molecule has 1 amide bonds. The van der Waals surface area contributed by atoms with Crippen molar-refractivity contribution in [3.63, 3.8) is 0 Å². The van der Waals surface area contributed by atoms with Gasteiger partial charge in [0.2, 0.25) is 15.9 Å². The Bertz CT molecular complexity index is 397. The van der Waals surface area contributed by atoms with E-state index < -0.39 is 21.5 Å². The number of hydrogen-bond donors (Lipinski definition) is 2. The van der Waals surface area contributed by atoms with Gasteiger partial charge in [-0.1, -0.05) is 27.7 Å². The third kappa shape index (κ3) is 4.63. The number of amides is 1. The van der Waals surface area contributed by atoms with Crippen LogP contribution in [0.2, 0.25) is 0 Å². The third-order valence-electron chi connectivity index (χ3n) is 2.90. The van der Waals surface area contributed by atoms with E-state index in [1.54, 1.807) is 0 Å². The van der Waals surface area contributed by atoms with Crippen LogP contribution in [-0.4, -0.2) is 32.7 Å². The van der Waals surface area contributed by atoms with E-state index in [2.05, 4.69) is 17.0 Å². The Balaban J connectivity index is 2.72. The van der Waals surface area contributed by atoms with Crippen molar-refractivity contribution in [1.29, 1.82) is 0 Å². The molecule has 3 unspecified atom stereocenters. The minimum atomic E-state index is -3.39. The highest BCUT2D eigenvalue weighted by Crippen LogP contribution is 2.30. The molecular weight excluding hydrogens is 240 g/mol. The molecule has 0 bridgehead atoms. The zero-order valence-electron chi connectivity index (χ0n) is 11.1. The van der Waals surface area contributed by atoms with Crippen LogP contribution in [0, 0.1) is 11.3 Å². The van der Waals surface area contributed by atoms with Crippen molar-refractivity contribution in [3.05, 3.63) is 0 Å². The van der Waals surface area contributed by atoms with E-state index in [0.717, 1.165) is 12.7 Å². The van der Waals surface area contributed by atoms with Gasteiger partial charge in [-0.2, -0.15) is 0 Å². The molecule has 1 aliphatic rings. The Labute approximate surface area is 103 Å². The number of hydrogen-bond acceptors (Lipinski definition) is 3. The molecule has 1 aliphatic carbocycles. The lowest BCUT2D eigenvalue weighted by Gasteiger charge is -2.29. The number of carbonyl (C=O) groups is 1. The van der Waals surface area contributed by atoms with Crippen LogP contribution >= 0.6 is 0 Å². The molecule has 0 aliphatic heterocycles. The summed E-state index contributed by atoms with van der Waals surface area (Å²) in [5.74, 6) is 0.259. The summed E-state index contributed by atoms with van der Waals surface area (Å²) in [5, 5.41) is 2.87. The first kappa shape index (κ1) is 14.4. The molecular formula is C11H22N2O3S. The van der Waals surface area contributed by atoms with Gasteiger partial charge in [0, 0.05) is 6.04 Å². The fraction of sp³-hybridized carbons (Fsp3) is 0.909. The predicted molar refractivity (Wildman–Crippen MR) is 66.9 cm³/mol. The number of carbonyl (C=O) groups excluding carboxylic acids is 1. The van der Waals surface area contributed by atoms with Gasteiger partial charge in [-0.25, -0.2) is 13.1 Å². The first-order chi connectivity index (χ1) is 7.50. The summed E-state index contributed by atoms with van der Waals surface area (Å²) in [7, 11) is -3.39. The Morgan fingerprint density at radius 2 is 1.82 bits per heavy atom. The SMILES string of the molecule is CC1CC1NC(=O)C(NS(C)(=O)=O)C(C)(C)C. The second kappa shape index (κ2) is 4.57. The monoisotopic (exact) mass is 262 g/mol. The maximum atomic E-state index is 12.0. The molecule has 100 valence electrons. The summed E-state index contributed by atoms with van der Waals surface area (Å²) in [5.41, 5.74) is -0.453. The van der Waals surface area contributed by atoms with Gasteiger partial charge in [0.05, 0.1) is 6.26 Å². The fourth-order valence-corrected chi connectivity index (χ4v) is 2.52. The molecule has 0 spiro atoms. The molecule has 0 aromatic heterocycles. The summed E-state index contributed by atoms with van der Waals surface area (Å²) >= 11 is 0. The van der Waals surface area contributed by atoms with Crippen molar-refractivity contribution in [2.45, 2.75) is 46.2 Å². The second-order valence-electron chi connectivity index (χ2n) is 6.02. The lowest BCUT2D eigenvalue weighted by molar-refractivity contribution is -0.125. The van der Waals surface area contributed by atoms with Crippen molar-refractivity contribution in [1.82, 2.24) is 10.0 Å². The molecule has 5 nitrogen and oxygen atoms in total. The lowest BCUT2D eigenvalue weighted by atomic mass is 9.87. The van der Waals surface area contributed by atoms with Gasteiger partial charge in [0.25, 0.3) is 0 Å². The smallest absolute Gasteiger partial charge is 0.238 e. The van der Waals surface area contributed by atoms with Gasteiger partial charge in [-0.3, -0.25) is 4.79 Å². The van der Waals surface area contributed by atoms with Crippen LogP contribution in [0.25, 0.3) is 0 Å². The first-order valence-corrected chi connectivity index (χ1v) is 7.67. The minimum Gasteiger partial charge on any atom is -0.352 e. The molecule has 2 N–H and O–H groups in total. The van der Waals surface area contributed by atoms with Gasteiger partial charge in [-0.15, -0.1) is 0 Å². The molecule has 0 radical (unpaired) electrons. The van der Waals surface area contributed by atoms with Gasteiger partial charge in [-0.05, 0) is 17.8 Å². The van der Waals surface area contributed by atoms with E-state index in [-0.39, 0.29) is 11.9 Å². The van der Waals surface area contributed by atoms with E-state index >= 15 is 0 Å². The molecule has 0 saturated heterocycles. The highest BCUT2D eigenvalue weighted by atomic mass is 32.2. The van der Waals surface area contributed by atoms with Crippen LogP contribution in [0.5, 0.6) is 0 Å². The molecule has 0 heterocycles. The Kier molecular flexibility index (Phi) is 3.88. The maximum Gasteiger partial charge on any atom is 0.238 e. The number of sulfonamides is 1. The first-order valence-electron chi connectivity index (χ1n) is 5.78. The van der Waals surface area contributed by atoms with Gasteiger partial charge >= 0.3 is 0 Å². The zero-order valence-corrected chi connectivity index (χ0v) is 11.9. The maximum absolute atomic E-state index is 12.0. The summed E-state index contributed by atoms with van der Waals surface area (Å²) < 4.78 is 24.9. The second-order valence-corrected chi connectivity index (χ2v) is 7.80. The average molecular weight is 262 g/mol. The minimum absolute atomic E-state index is 0.203. The van der Waals surface area contributed by atoms with Crippen LogP contribution < -0.4 is 10.0 Å². The van der Waals surface area contributed by atoms with E-state index in [1.807, 2.05) is 20.8 Å². The normalized spacial score (nSPS) is 26.4. The van der Waals surface area contributed by atoms with Crippen LogP contribution in [0.15, 0.2) is 0 Å². The average Bonchev–Trinajstić information content (AvgIpc) is 2.74. The summed E-state index contributed by atoms with van der Waals surface area (Å²) in [6, 6.07) is -0.529. The van der Waals surface area contributed by atoms with Crippen molar-refractivity contribution < 1.29 is 13.2 Å². The summed E-state index contributed by atoms with van der Waals surface area (Å²) in [4.78, 5) is 12.0. The highest BCUT2D eigenvalue weighted by molar-refractivity contribution is 7.88. The molecule has 6 heteroatoms. The zero-order chi connectivity index (χ0) is 13.4. The van der Waals surface area contributed by atoms with Crippen molar-refractivity contribution in [3.8, 4) is 0 Å². The third-order valence-corrected chi connectivity index (χ3v) is 3.56. The Morgan fingerprint density at radius 1 is 1.35 bits per heavy atom. The highest BCUT2D eigenvalue weighted by Gasteiger charge is 2.39. The standard InChI is InChI=1S/C11H22N2O3S/c1-7-6-8(7)12-10(14)9(11(2,3)4)13-17(5,15)16/h7-9,13H,6H2,1-5H3,(H,12,14). The number of rotatable bonds is 4. The van der Waals surface area contributed by atoms with Gasteiger partial charge < -0.3 is 5.32 Å². The topological polar surface area (TPSA) is 75.3 Å². The summed E-state index contributed by atoms with van der Waals surface area (Å²) in [6.45, 7) is 7.57. The molecule has 1 rings (SSSR count). The van der Waals surface area contributed by atoms with E-state index in [4.69, 9.17) is 0 Å². The van der Waals surface area contributed by atoms with Crippen LogP contribution in [-0.2, 0) is 14.8 Å². The number of nitrogens with one attached hydrogen (secondary N) is 2. The molecule has 1 saturated carbocycles. The lowest BCUT2D eigenvalue weighted by Crippen LogP contribution is -2.53. The molecule has 0 aromatic rings. The van der Waals surface area contributed by atoms with Gasteiger partial charge in [0.15, 0.2) is 0 Å².